The van der Waals surface area contributed by atoms with Gasteiger partial charge < -0.3 is 9.88 Å². The summed E-state index contributed by atoms with van der Waals surface area (Å²) in [5.74, 6) is 0.869. The van der Waals surface area contributed by atoms with E-state index in [-0.39, 0.29) is 12.6 Å². The molecule has 1 unspecified atom stereocenters. The molecule has 0 aromatic carbocycles. The zero-order chi connectivity index (χ0) is 15.7. The number of aromatic amines is 1. The zero-order valence-corrected chi connectivity index (χ0v) is 12.9. The molecule has 1 atom stereocenters. The Hall–Kier alpha value is -1.76. The van der Waals surface area contributed by atoms with Gasteiger partial charge in [0.2, 0.25) is 0 Å². The van der Waals surface area contributed by atoms with Gasteiger partial charge in [-0.2, -0.15) is 0 Å². The summed E-state index contributed by atoms with van der Waals surface area (Å²) in [5.41, 5.74) is 2.86. The largest absolute Gasteiger partial charge is 0.354 e. The molecule has 2 aromatic rings. The van der Waals surface area contributed by atoms with E-state index in [1.165, 1.54) is 0 Å². The number of nitrogens with zero attached hydrogens (tertiary/aromatic N) is 4. The quantitative estimate of drug-likeness (QED) is 0.942. The molecule has 0 bridgehead atoms. The van der Waals surface area contributed by atoms with Crippen molar-refractivity contribution in [1.29, 1.82) is 0 Å². The lowest BCUT2D eigenvalue weighted by molar-refractivity contribution is 0.0587. The van der Waals surface area contributed by atoms with E-state index < -0.39 is 6.43 Å². The molecule has 0 amide bonds. The lowest BCUT2D eigenvalue weighted by Crippen LogP contribution is -2.54. The predicted octanol–water partition coefficient (Wildman–Crippen LogP) is 2.43. The van der Waals surface area contributed by atoms with Crippen LogP contribution in [0.2, 0.25) is 0 Å². The van der Waals surface area contributed by atoms with Gasteiger partial charge >= 0.3 is 0 Å². The molecule has 22 heavy (non-hydrogen) atoms. The van der Waals surface area contributed by atoms with Gasteiger partial charge in [0, 0.05) is 31.4 Å². The third-order valence-electron chi connectivity index (χ3n) is 4.28. The highest BCUT2D eigenvalue weighted by molar-refractivity contribution is 5.86. The van der Waals surface area contributed by atoms with Gasteiger partial charge in [-0.3, -0.25) is 4.90 Å². The highest BCUT2D eigenvalue weighted by Crippen LogP contribution is 2.26. The Balaban J connectivity index is 1.83. The van der Waals surface area contributed by atoms with Crippen LogP contribution >= 0.6 is 0 Å². The summed E-state index contributed by atoms with van der Waals surface area (Å²) in [6, 6.07) is 2.12. The summed E-state index contributed by atoms with van der Waals surface area (Å²) in [7, 11) is 0. The van der Waals surface area contributed by atoms with Gasteiger partial charge in [0.05, 0.1) is 12.1 Å². The van der Waals surface area contributed by atoms with Crippen LogP contribution in [-0.4, -0.2) is 58.5 Å². The first-order chi connectivity index (χ1) is 10.6. The minimum Gasteiger partial charge on any atom is -0.354 e. The Morgan fingerprint density at radius 2 is 2.18 bits per heavy atom. The molecule has 0 aliphatic carbocycles. The van der Waals surface area contributed by atoms with Crippen molar-refractivity contribution in [1.82, 2.24) is 19.9 Å². The van der Waals surface area contributed by atoms with Crippen molar-refractivity contribution in [3.8, 4) is 0 Å². The molecule has 5 nitrogen and oxygen atoms in total. The second-order valence-corrected chi connectivity index (χ2v) is 5.80. The van der Waals surface area contributed by atoms with Crippen LogP contribution in [0.4, 0.5) is 14.6 Å². The van der Waals surface area contributed by atoms with Crippen LogP contribution in [0.1, 0.15) is 19.0 Å². The number of aryl methyl sites for hydroxylation is 1. The summed E-state index contributed by atoms with van der Waals surface area (Å²) in [6.45, 7) is 5.93. The van der Waals surface area contributed by atoms with Crippen LogP contribution in [-0.2, 0) is 0 Å². The van der Waals surface area contributed by atoms with E-state index in [2.05, 4.69) is 19.9 Å². The maximum atomic E-state index is 12.7. The fourth-order valence-corrected chi connectivity index (χ4v) is 3.19. The molecule has 1 fully saturated rings. The Kier molecular flexibility index (Phi) is 4.24. The molecule has 0 radical (unpaired) electrons. The molecule has 0 spiro atoms. The molecule has 3 rings (SSSR count). The number of halogens is 2. The molecular weight excluding hydrogens is 288 g/mol. The molecule has 3 heterocycles. The van der Waals surface area contributed by atoms with Crippen molar-refractivity contribution >= 4 is 16.9 Å². The molecule has 1 saturated heterocycles. The van der Waals surface area contributed by atoms with E-state index in [0.717, 1.165) is 29.0 Å². The number of hydrogen-bond acceptors (Lipinski definition) is 4. The lowest BCUT2D eigenvalue weighted by atomic mass is 10.1. The monoisotopic (exact) mass is 309 g/mol. The van der Waals surface area contributed by atoms with E-state index >= 15 is 0 Å². The van der Waals surface area contributed by atoms with E-state index in [1.54, 1.807) is 6.33 Å². The predicted molar refractivity (Wildman–Crippen MR) is 82.5 cm³/mol. The zero-order valence-electron chi connectivity index (χ0n) is 12.9. The summed E-state index contributed by atoms with van der Waals surface area (Å²) in [4.78, 5) is 16.1. The third kappa shape index (κ3) is 2.90. The summed E-state index contributed by atoms with van der Waals surface area (Å²) < 4.78 is 25.4. The second-order valence-electron chi connectivity index (χ2n) is 5.80. The van der Waals surface area contributed by atoms with Gasteiger partial charge in [-0.25, -0.2) is 18.7 Å². The van der Waals surface area contributed by atoms with Crippen molar-refractivity contribution in [3.05, 3.63) is 18.1 Å². The highest BCUT2D eigenvalue weighted by atomic mass is 19.3. The minimum atomic E-state index is -2.28. The smallest absolute Gasteiger partial charge is 0.251 e. The Morgan fingerprint density at radius 3 is 2.91 bits per heavy atom. The van der Waals surface area contributed by atoms with Crippen LogP contribution < -0.4 is 4.90 Å². The number of hydrogen-bond donors (Lipinski definition) is 1. The fourth-order valence-electron chi connectivity index (χ4n) is 3.19. The van der Waals surface area contributed by atoms with Gasteiger partial charge in [0.15, 0.2) is 5.82 Å². The standard InChI is InChI=1S/C15H21F2N5/c1-3-11-7-22(5-4-21(11)8-13(16)17)15-14-12(18-9-19-15)6-10(2)20-14/h6,9,11,13,20H,3-5,7-8H2,1-2H3. The van der Waals surface area contributed by atoms with E-state index in [1.807, 2.05) is 24.8 Å². The Bertz CT molecular complexity index is 642. The molecule has 7 heteroatoms. The van der Waals surface area contributed by atoms with Crippen molar-refractivity contribution in [2.24, 2.45) is 0 Å². The van der Waals surface area contributed by atoms with Crippen molar-refractivity contribution in [2.75, 3.05) is 31.1 Å². The fraction of sp³-hybridized carbons (Fsp3) is 0.600. The number of anilines is 1. The van der Waals surface area contributed by atoms with Gasteiger partial charge in [-0.1, -0.05) is 6.92 Å². The summed E-state index contributed by atoms with van der Waals surface area (Å²) in [6.07, 6.45) is 0.135. The van der Waals surface area contributed by atoms with Gasteiger partial charge in [0.1, 0.15) is 11.8 Å². The number of rotatable bonds is 4. The first kappa shape index (κ1) is 15.1. The van der Waals surface area contributed by atoms with Crippen molar-refractivity contribution in [2.45, 2.75) is 32.7 Å². The van der Waals surface area contributed by atoms with Crippen molar-refractivity contribution < 1.29 is 8.78 Å². The summed E-state index contributed by atoms with van der Waals surface area (Å²) in [5, 5.41) is 0. The first-order valence-corrected chi connectivity index (χ1v) is 7.66. The first-order valence-electron chi connectivity index (χ1n) is 7.66. The Morgan fingerprint density at radius 1 is 1.36 bits per heavy atom. The average Bonchev–Trinajstić information content (AvgIpc) is 2.87. The highest BCUT2D eigenvalue weighted by Gasteiger charge is 2.29. The lowest BCUT2D eigenvalue weighted by Gasteiger charge is -2.41. The molecule has 1 aliphatic rings. The van der Waals surface area contributed by atoms with Crippen LogP contribution in [0.25, 0.3) is 11.0 Å². The van der Waals surface area contributed by atoms with Gasteiger partial charge in [-0.05, 0) is 19.4 Å². The van der Waals surface area contributed by atoms with Crippen LogP contribution in [0.15, 0.2) is 12.4 Å². The minimum absolute atomic E-state index is 0.129. The number of aromatic nitrogens is 3. The van der Waals surface area contributed by atoms with Crippen LogP contribution in [0.3, 0.4) is 0 Å². The third-order valence-corrected chi connectivity index (χ3v) is 4.28. The molecule has 2 aromatic heterocycles. The average molecular weight is 309 g/mol. The normalized spacial score (nSPS) is 20.2. The molecule has 1 N–H and O–H groups in total. The molecular formula is C15H21F2N5. The Labute approximate surface area is 128 Å². The molecule has 120 valence electrons. The topological polar surface area (TPSA) is 48.1 Å². The number of alkyl halides is 2. The van der Waals surface area contributed by atoms with Gasteiger partial charge in [-0.15, -0.1) is 0 Å². The van der Waals surface area contributed by atoms with E-state index in [0.29, 0.717) is 19.6 Å². The van der Waals surface area contributed by atoms with E-state index in [4.69, 9.17) is 0 Å². The summed E-state index contributed by atoms with van der Waals surface area (Å²) >= 11 is 0. The van der Waals surface area contributed by atoms with E-state index in [9.17, 15) is 8.78 Å². The van der Waals surface area contributed by atoms with Crippen LogP contribution in [0.5, 0.6) is 0 Å². The number of fused-ring (bicyclic) bond motifs is 1. The number of H-pyrrole nitrogens is 1. The molecule has 1 aliphatic heterocycles. The molecule has 0 saturated carbocycles. The van der Waals surface area contributed by atoms with Crippen molar-refractivity contribution in [3.63, 3.8) is 0 Å². The van der Waals surface area contributed by atoms with Crippen LogP contribution in [0, 0.1) is 6.92 Å². The number of nitrogens with one attached hydrogen (secondary N) is 1. The maximum absolute atomic E-state index is 12.7. The maximum Gasteiger partial charge on any atom is 0.251 e. The second kappa shape index (κ2) is 6.16. The van der Waals surface area contributed by atoms with Gasteiger partial charge in [0.25, 0.3) is 6.43 Å². The SMILES string of the molecule is CCC1CN(c2ncnc3cc(C)[nH]c23)CCN1CC(F)F. The number of piperazine rings is 1.